The average molecular weight is 267 g/mol. The van der Waals surface area contributed by atoms with Crippen molar-refractivity contribution in [1.82, 2.24) is 0 Å². The van der Waals surface area contributed by atoms with Crippen molar-refractivity contribution in [3.05, 3.63) is 53.1 Å². The molecule has 0 fully saturated rings. The Morgan fingerprint density at radius 1 is 0.950 bits per heavy atom. The SMILES string of the molecule is Cc1c(N)cccc1N1C(=O)c2ccc(N)cc2C1=O. The minimum atomic E-state index is -0.369. The predicted octanol–water partition coefficient (Wildman–Crippen LogP) is 1.96. The van der Waals surface area contributed by atoms with E-state index < -0.39 is 0 Å². The normalized spacial score (nSPS) is 13.8. The quantitative estimate of drug-likeness (QED) is 0.610. The molecule has 0 radical (unpaired) electrons. The number of hydrogen-bond acceptors (Lipinski definition) is 4. The summed E-state index contributed by atoms with van der Waals surface area (Å²) in [6.07, 6.45) is 0. The highest BCUT2D eigenvalue weighted by molar-refractivity contribution is 6.35. The number of benzene rings is 2. The monoisotopic (exact) mass is 267 g/mol. The van der Waals surface area contributed by atoms with Crippen LogP contribution >= 0.6 is 0 Å². The molecule has 0 spiro atoms. The molecule has 5 nitrogen and oxygen atoms in total. The Hall–Kier alpha value is -2.82. The van der Waals surface area contributed by atoms with E-state index in [4.69, 9.17) is 11.5 Å². The van der Waals surface area contributed by atoms with E-state index >= 15 is 0 Å². The van der Waals surface area contributed by atoms with Crippen LogP contribution in [0.25, 0.3) is 0 Å². The van der Waals surface area contributed by atoms with Gasteiger partial charge in [-0.05, 0) is 42.8 Å². The van der Waals surface area contributed by atoms with Crippen LogP contribution in [0.15, 0.2) is 36.4 Å². The van der Waals surface area contributed by atoms with E-state index in [-0.39, 0.29) is 11.8 Å². The molecule has 0 aromatic heterocycles. The van der Waals surface area contributed by atoms with Crippen LogP contribution in [-0.2, 0) is 0 Å². The molecular formula is C15H13N3O2. The molecular weight excluding hydrogens is 254 g/mol. The maximum atomic E-state index is 12.4. The van der Waals surface area contributed by atoms with Gasteiger partial charge in [-0.2, -0.15) is 0 Å². The van der Waals surface area contributed by atoms with Gasteiger partial charge in [0.25, 0.3) is 11.8 Å². The Morgan fingerprint density at radius 2 is 1.65 bits per heavy atom. The Kier molecular flexibility index (Phi) is 2.50. The summed E-state index contributed by atoms with van der Waals surface area (Å²) in [7, 11) is 0. The lowest BCUT2D eigenvalue weighted by Gasteiger charge is -2.17. The van der Waals surface area contributed by atoms with Gasteiger partial charge in [-0.25, -0.2) is 4.90 Å². The van der Waals surface area contributed by atoms with Crippen molar-refractivity contribution in [1.29, 1.82) is 0 Å². The number of carbonyl (C=O) groups excluding carboxylic acids is 2. The molecule has 0 aliphatic carbocycles. The Bertz CT molecular complexity index is 753. The highest BCUT2D eigenvalue weighted by atomic mass is 16.2. The molecule has 0 bridgehead atoms. The Labute approximate surface area is 115 Å². The van der Waals surface area contributed by atoms with Crippen LogP contribution < -0.4 is 16.4 Å². The lowest BCUT2D eigenvalue weighted by molar-refractivity contribution is 0.0926. The summed E-state index contributed by atoms with van der Waals surface area (Å²) in [6, 6.07) is 9.87. The summed E-state index contributed by atoms with van der Waals surface area (Å²) in [5, 5.41) is 0. The third kappa shape index (κ3) is 1.56. The molecule has 3 rings (SSSR count). The summed E-state index contributed by atoms with van der Waals surface area (Å²) in [4.78, 5) is 26.0. The fourth-order valence-electron chi connectivity index (χ4n) is 2.36. The van der Waals surface area contributed by atoms with Crippen LogP contribution in [0.1, 0.15) is 26.3 Å². The van der Waals surface area contributed by atoms with Crippen molar-refractivity contribution in [3.8, 4) is 0 Å². The highest BCUT2D eigenvalue weighted by Crippen LogP contribution is 2.33. The number of hydrogen-bond donors (Lipinski definition) is 2. The molecule has 2 aromatic rings. The molecule has 2 aromatic carbocycles. The van der Waals surface area contributed by atoms with Gasteiger partial charge in [-0.15, -0.1) is 0 Å². The number of carbonyl (C=O) groups is 2. The number of fused-ring (bicyclic) bond motifs is 1. The lowest BCUT2D eigenvalue weighted by atomic mass is 10.1. The number of nitrogen functional groups attached to an aromatic ring is 2. The summed E-state index contributed by atoms with van der Waals surface area (Å²) >= 11 is 0. The van der Waals surface area contributed by atoms with E-state index in [1.807, 2.05) is 0 Å². The first-order valence-electron chi connectivity index (χ1n) is 6.14. The Morgan fingerprint density at radius 3 is 2.40 bits per heavy atom. The third-order valence-corrected chi connectivity index (χ3v) is 3.50. The summed E-state index contributed by atoms with van der Waals surface area (Å²) in [6.45, 7) is 1.78. The largest absolute Gasteiger partial charge is 0.399 e. The summed E-state index contributed by atoms with van der Waals surface area (Å²) in [5.74, 6) is -0.718. The van der Waals surface area contributed by atoms with Gasteiger partial charge in [0.05, 0.1) is 16.8 Å². The first-order valence-corrected chi connectivity index (χ1v) is 6.14. The van der Waals surface area contributed by atoms with Crippen molar-refractivity contribution in [2.24, 2.45) is 0 Å². The van der Waals surface area contributed by atoms with Crippen LogP contribution in [0.3, 0.4) is 0 Å². The zero-order chi connectivity index (χ0) is 14.4. The second-order valence-electron chi connectivity index (χ2n) is 4.74. The van der Waals surface area contributed by atoms with E-state index in [0.29, 0.717) is 33.8 Å². The van der Waals surface area contributed by atoms with E-state index in [1.54, 1.807) is 37.3 Å². The van der Waals surface area contributed by atoms with Gasteiger partial charge in [0.15, 0.2) is 0 Å². The minimum absolute atomic E-state index is 0.330. The lowest BCUT2D eigenvalue weighted by Crippen LogP contribution is -2.30. The van der Waals surface area contributed by atoms with Crippen LogP contribution in [-0.4, -0.2) is 11.8 Å². The number of amides is 2. The van der Waals surface area contributed by atoms with Crippen molar-refractivity contribution >= 4 is 28.9 Å². The first-order chi connectivity index (χ1) is 9.50. The topological polar surface area (TPSA) is 89.4 Å². The van der Waals surface area contributed by atoms with E-state index in [9.17, 15) is 9.59 Å². The maximum Gasteiger partial charge on any atom is 0.266 e. The number of nitrogens with zero attached hydrogens (tertiary/aromatic N) is 1. The van der Waals surface area contributed by atoms with Gasteiger partial charge in [0.1, 0.15) is 0 Å². The van der Waals surface area contributed by atoms with Gasteiger partial charge < -0.3 is 11.5 Å². The fraction of sp³-hybridized carbons (Fsp3) is 0.0667. The smallest absolute Gasteiger partial charge is 0.266 e. The van der Waals surface area contributed by atoms with Gasteiger partial charge in [0, 0.05) is 11.4 Å². The molecule has 2 amide bonds. The molecule has 20 heavy (non-hydrogen) atoms. The molecule has 100 valence electrons. The molecule has 1 heterocycles. The molecule has 5 heteroatoms. The number of nitrogens with two attached hydrogens (primary N) is 2. The molecule has 1 aliphatic heterocycles. The van der Waals surface area contributed by atoms with Gasteiger partial charge in [-0.1, -0.05) is 6.07 Å². The summed E-state index contributed by atoms with van der Waals surface area (Å²) in [5.41, 5.74) is 14.4. The van der Waals surface area contributed by atoms with Gasteiger partial charge >= 0.3 is 0 Å². The maximum absolute atomic E-state index is 12.4. The van der Waals surface area contributed by atoms with Crippen molar-refractivity contribution in [2.75, 3.05) is 16.4 Å². The van der Waals surface area contributed by atoms with Crippen LogP contribution in [0.2, 0.25) is 0 Å². The second kappa shape index (κ2) is 4.09. The van der Waals surface area contributed by atoms with Gasteiger partial charge in [-0.3, -0.25) is 9.59 Å². The minimum Gasteiger partial charge on any atom is -0.399 e. The second-order valence-corrected chi connectivity index (χ2v) is 4.74. The van der Waals surface area contributed by atoms with E-state index in [1.165, 1.54) is 6.07 Å². The molecule has 0 unspecified atom stereocenters. The zero-order valence-corrected chi connectivity index (χ0v) is 10.9. The molecule has 4 N–H and O–H groups in total. The van der Waals surface area contributed by atoms with Crippen LogP contribution in [0.4, 0.5) is 17.1 Å². The summed E-state index contributed by atoms with van der Waals surface area (Å²) < 4.78 is 0. The fourth-order valence-corrected chi connectivity index (χ4v) is 2.36. The van der Waals surface area contributed by atoms with Crippen molar-refractivity contribution < 1.29 is 9.59 Å². The average Bonchev–Trinajstić information content (AvgIpc) is 2.65. The van der Waals surface area contributed by atoms with Crippen LogP contribution in [0.5, 0.6) is 0 Å². The first kappa shape index (κ1) is 12.2. The van der Waals surface area contributed by atoms with Crippen molar-refractivity contribution in [2.45, 2.75) is 6.92 Å². The third-order valence-electron chi connectivity index (χ3n) is 3.50. The van der Waals surface area contributed by atoms with E-state index in [2.05, 4.69) is 0 Å². The highest BCUT2D eigenvalue weighted by Gasteiger charge is 2.37. The van der Waals surface area contributed by atoms with Gasteiger partial charge in [0.2, 0.25) is 0 Å². The number of imide groups is 1. The standard InChI is InChI=1S/C15H13N3O2/c1-8-12(17)3-2-4-13(8)18-14(19)10-6-5-9(16)7-11(10)15(18)20/h2-7H,16-17H2,1H3. The van der Waals surface area contributed by atoms with E-state index in [0.717, 1.165) is 4.90 Å². The number of rotatable bonds is 1. The van der Waals surface area contributed by atoms with Crippen molar-refractivity contribution in [3.63, 3.8) is 0 Å². The molecule has 0 saturated heterocycles. The molecule has 1 aliphatic rings. The zero-order valence-electron chi connectivity index (χ0n) is 10.9. The van der Waals surface area contributed by atoms with Crippen LogP contribution in [0, 0.1) is 6.92 Å². The Balaban J connectivity index is 2.17. The molecule has 0 atom stereocenters. The predicted molar refractivity (Wildman–Crippen MR) is 77.6 cm³/mol. The molecule has 0 saturated carbocycles. The number of anilines is 3.